The van der Waals surface area contributed by atoms with E-state index < -0.39 is 10.0 Å². The van der Waals surface area contributed by atoms with Crippen LogP contribution < -0.4 is 9.62 Å². The maximum absolute atomic E-state index is 12.5. The zero-order valence-electron chi connectivity index (χ0n) is 11.6. The molecule has 2 rings (SSSR count). The Kier molecular flexibility index (Phi) is 5.07. The average molecular weight is 381 g/mol. The number of pyridine rings is 1. The second kappa shape index (κ2) is 6.50. The maximum Gasteiger partial charge on any atom is 0.265 e. The minimum atomic E-state index is -3.92. The standard InChI is InChI=1S/C13H12Cl3N3O2S/c1-19(2)12-8(14)4-3-5-9(12)18-22(20,21)10-6-7-11(15)17-13(10)16/h3-7,18H,1-2H3. The van der Waals surface area contributed by atoms with E-state index in [0.717, 1.165) is 0 Å². The van der Waals surface area contributed by atoms with Crippen LogP contribution in [0, 0.1) is 0 Å². The second-order valence-electron chi connectivity index (χ2n) is 4.56. The van der Waals surface area contributed by atoms with Crippen LogP contribution in [-0.2, 0) is 10.0 Å². The highest BCUT2D eigenvalue weighted by atomic mass is 35.5. The van der Waals surface area contributed by atoms with E-state index in [4.69, 9.17) is 34.8 Å². The molecule has 0 aliphatic rings. The molecule has 1 heterocycles. The Morgan fingerprint density at radius 1 is 1.09 bits per heavy atom. The average Bonchev–Trinajstić information content (AvgIpc) is 2.36. The highest BCUT2D eigenvalue weighted by molar-refractivity contribution is 7.92. The van der Waals surface area contributed by atoms with Crippen molar-refractivity contribution in [2.45, 2.75) is 4.90 Å². The summed E-state index contributed by atoms with van der Waals surface area (Å²) in [4.78, 5) is 5.28. The lowest BCUT2D eigenvalue weighted by molar-refractivity contribution is 0.601. The fourth-order valence-electron chi connectivity index (χ4n) is 1.85. The van der Waals surface area contributed by atoms with Gasteiger partial charge >= 0.3 is 0 Å². The summed E-state index contributed by atoms with van der Waals surface area (Å²) < 4.78 is 27.4. The zero-order valence-corrected chi connectivity index (χ0v) is 14.7. The van der Waals surface area contributed by atoms with Gasteiger partial charge in [-0.25, -0.2) is 13.4 Å². The number of benzene rings is 1. The summed E-state index contributed by atoms with van der Waals surface area (Å²) in [6.45, 7) is 0. The van der Waals surface area contributed by atoms with Gasteiger partial charge in [0.15, 0.2) is 5.15 Å². The maximum atomic E-state index is 12.5. The van der Waals surface area contributed by atoms with Crippen molar-refractivity contribution in [3.05, 3.63) is 45.7 Å². The first-order valence-corrected chi connectivity index (χ1v) is 8.65. The molecule has 0 atom stereocenters. The first-order chi connectivity index (χ1) is 10.2. The van der Waals surface area contributed by atoms with Gasteiger partial charge in [0.05, 0.1) is 16.4 Å². The zero-order chi connectivity index (χ0) is 16.5. The van der Waals surface area contributed by atoms with E-state index in [1.807, 2.05) is 0 Å². The van der Waals surface area contributed by atoms with Crippen molar-refractivity contribution in [1.82, 2.24) is 4.98 Å². The SMILES string of the molecule is CN(C)c1c(Cl)cccc1NS(=O)(=O)c1ccc(Cl)nc1Cl. The lowest BCUT2D eigenvalue weighted by atomic mass is 10.2. The number of para-hydroxylation sites is 1. The van der Waals surface area contributed by atoms with Gasteiger partial charge in [0.1, 0.15) is 10.0 Å². The number of nitrogens with one attached hydrogen (secondary N) is 1. The topological polar surface area (TPSA) is 62.3 Å². The molecule has 22 heavy (non-hydrogen) atoms. The summed E-state index contributed by atoms with van der Waals surface area (Å²) in [6, 6.07) is 7.57. The van der Waals surface area contributed by atoms with Crippen molar-refractivity contribution in [2.75, 3.05) is 23.7 Å². The first kappa shape index (κ1) is 17.1. The van der Waals surface area contributed by atoms with E-state index >= 15 is 0 Å². The molecule has 0 bridgehead atoms. The molecule has 0 radical (unpaired) electrons. The van der Waals surface area contributed by atoms with E-state index in [9.17, 15) is 8.42 Å². The van der Waals surface area contributed by atoms with Gasteiger partial charge in [-0.05, 0) is 24.3 Å². The predicted molar refractivity (Wildman–Crippen MR) is 90.8 cm³/mol. The number of aromatic nitrogens is 1. The molecule has 1 aromatic heterocycles. The van der Waals surface area contributed by atoms with Crippen molar-refractivity contribution >= 4 is 56.2 Å². The van der Waals surface area contributed by atoms with Crippen molar-refractivity contribution in [2.24, 2.45) is 0 Å². The van der Waals surface area contributed by atoms with Crippen LogP contribution in [0.3, 0.4) is 0 Å². The summed E-state index contributed by atoms with van der Waals surface area (Å²) >= 11 is 17.7. The number of hydrogen-bond donors (Lipinski definition) is 1. The van der Waals surface area contributed by atoms with Gasteiger partial charge in [-0.1, -0.05) is 40.9 Å². The molecule has 9 heteroatoms. The van der Waals surface area contributed by atoms with Crippen LogP contribution >= 0.6 is 34.8 Å². The van der Waals surface area contributed by atoms with Gasteiger partial charge in [0.25, 0.3) is 10.0 Å². The van der Waals surface area contributed by atoms with Crippen molar-refractivity contribution in [3.8, 4) is 0 Å². The summed E-state index contributed by atoms with van der Waals surface area (Å²) in [7, 11) is -0.402. The number of rotatable bonds is 4. The predicted octanol–water partition coefficient (Wildman–Crippen LogP) is 3.91. The summed E-state index contributed by atoms with van der Waals surface area (Å²) in [6.07, 6.45) is 0. The third kappa shape index (κ3) is 3.57. The van der Waals surface area contributed by atoms with E-state index in [2.05, 4.69) is 9.71 Å². The fraction of sp³-hybridized carbons (Fsp3) is 0.154. The van der Waals surface area contributed by atoms with Crippen LogP contribution in [0.4, 0.5) is 11.4 Å². The van der Waals surface area contributed by atoms with Crippen molar-refractivity contribution in [1.29, 1.82) is 0 Å². The molecule has 0 aliphatic heterocycles. The number of halogens is 3. The van der Waals surface area contributed by atoms with Crippen LogP contribution in [0.1, 0.15) is 0 Å². The van der Waals surface area contributed by atoms with Gasteiger partial charge in [-0.3, -0.25) is 4.72 Å². The highest BCUT2D eigenvalue weighted by Crippen LogP contribution is 2.34. The van der Waals surface area contributed by atoms with Crippen LogP contribution in [0.2, 0.25) is 15.3 Å². The Balaban J connectivity index is 2.48. The lowest BCUT2D eigenvalue weighted by Crippen LogP contribution is -2.18. The normalized spacial score (nSPS) is 11.3. The molecule has 1 N–H and O–H groups in total. The molecule has 0 unspecified atom stereocenters. The second-order valence-corrected chi connectivity index (χ2v) is 7.36. The molecular weight excluding hydrogens is 369 g/mol. The van der Waals surface area contributed by atoms with Crippen LogP contribution in [0.15, 0.2) is 35.2 Å². The van der Waals surface area contributed by atoms with Gasteiger partial charge in [-0.15, -0.1) is 0 Å². The smallest absolute Gasteiger partial charge is 0.265 e. The van der Waals surface area contributed by atoms with E-state index in [1.165, 1.54) is 12.1 Å². The van der Waals surface area contributed by atoms with Crippen LogP contribution in [0.5, 0.6) is 0 Å². The largest absolute Gasteiger partial charge is 0.375 e. The molecule has 0 fully saturated rings. The van der Waals surface area contributed by atoms with Crippen molar-refractivity contribution in [3.63, 3.8) is 0 Å². The first-order valence-electron chi connectivity index (χ1n) is 6.03. The fourth-order valence-corrected chi connectivity index (χ4v) is 3.92. The van der Waals surface area contributed by atoms with E-state index in [1.54, 1.807) is 37.2 Å². The van der Waals surface area contributed by atoms with Crippen LogP contribution in [-0.4, -0.2) is 27.5 Å². The summed E-state index contributed by atoms with van der Waals surface area (Å²) in [5, 5.41) is 0.333. The minimum absolute atomic E-state index is 0.112. The molecule has 0 amide bonds. The van der Waals surface area contributed by atoms with Crippen molar-refractivity contribution < 1.29 is 8.42 Å². The molecule has 5 nitrogen and oxygen atoms in total. The minimum Gasteiger partial charge on any atom is -0.375 e. The Bertz CT molecular complexity index is 810. The number of anilines is 2. The molecular formula is C13H12Cl3N3O2S. The Hall–Kier alpha value is -1.21. The highest BCUT2D eigenvalue weighted by Gasteiger charge is 2.21. The third-order valence-corrected chi connectivity index (χ3v) is 5.06. The van der Waals surface area contributed by atoms with Crippen LogP contribution in [0.25, 0.3) is 0 Å². The van der Waals surface area contributed by atoms with E-state index in [-0.39, 0.29) is 15.2 Å². The number of sulfonamides is 1. The Morgan fingerprint density at radius 2 is 1.77 bits per heavy atom. The molecule has 2 aromatic rings. The lowest BCUT2D eigenvalue weighted by Gasteiger charge is -2.20. The van der Waals surface area contributed by atoms with Gasteiger partial charge in [0, 0.05) is 14.1 Å². The number of hydrogen-bond acceptors (Lipinski definition) is 4. The molecule has 1 aromatic carbocycles. The summed E-state index contributed by atoms with van der Waals surface area (Å²) in [5.74, 6) is 0. The van der Waals surface area contributed by atoms with Gasteiger partial charge in [0.2, 0.25) is 0 Å². The molecule has 0 saturated carbocycles. The summed E-state index contributed by atoms with van der Waals surface area (Å²) in [5.41, 5.74) is 0.884. The molecule has 0 spiro atoms. The van der Waals surface area contributed by atoms with Gasteiger partial charge in [-0.2, -0.15) is 0 Å². The Labute approximate surface area is 143 Å². The quantitative estimate of drug-likeness (QED) is 0.817. The third-order valence-electron chi connectivity index (χ3n) is 2.75. The monoisotopic (exact) mass is 379 g/mol. The molecule has 0 aliphatic carbocycles. The Morgan fingerprint density at radius 3 is 2.36 bits per heavy atom. The molecule has 0 saturated heterocycles. The van der Waals surface area contributed by atoms with Gasteiger partial charge < -0.3 is 4.90 Å². The molecule has 118 valence electrons. The number of nitrogens with zero attached hydrogens (tertiary/aromatic N) is 2. The van der Waals surface area contributed by atoms with E-state index in [0.29, 0.717) is 16.4 Å².